The topological polar surface area (TPSA) is 140 Å². The molecule has 0 saturated heterocycles. The number of hydrogen-bond donors (Lipinski definition) is 3. The van der Waals surface area contributed by atoms with Crippen LogP contribution in [0, 0.1) is 0 Å². The second-order valence-electron chi connectivity index (χ2n) is 20.1. The zero-order chi connectivity index (χ0) is 48.3. The molecule has 0 aromatic carbocycles. The lowest BCUT2D eigenvalue weighted by Gasteiger charge is -2.18. The standard InChI is InChI=1S/C57H110O9/c1-3-5-7-9-11-13-15-17-19-23-27-31-35-39-43-47-54(58)64-51-53(52-65-55(59)48-44-40-36-32-28-24-20-18-16-14-12-10-8-6-4-2)66-56(60)49-45-41-37-33-29-25-21-22-26-30-34-38-42-46-50-57(61,62)63/h53,61-63H,3-52H2,1-2H3. The molecule has 0 aromatic rings. The van der Waals surface area contributed by atoms with E-state index in [1.807, 2.05) is 0 Å². The Balaban J connectivity index is 4.30. The number of carbonyl (C=O) groups is 3. The Morgan fingerprint density at radius 2 is 0.530 bits per heavy atom. The van der Waals surface area contributed by atoms with Crippen LogP contribution in [0.1, 0.15) is 322 Å². The van der Waals surface area contributed by atoms with Crippen molar-refractivity contribution < 1.29 is 43.9 Å². The summed E-state index contributed by atoms with van der Waals surface area (Å²) in [7, 11) is 0. The highest BCUT2D eigenvalue weighted by Gasteiger charge is 2.20. The molecule has 0 unspecified atom stereocenters. The van der Waals surface area contributed by atoms with E-state index in [4.69, 9.17) is 29.5 Å². The van der Waals surface area contributed by atoms with Gasteiger partial charge in [-0.15, -0.1) is 0 Å². The van der Waals surface area contributed by atoms with Crippen LogP contribution in [0.2, 0.25) is 0 Å². The Hall–Kier alpha value is -1.71. The molecule has 9 heteroatoms. The van der Waals surface area contributed by atoms with E-state index in [0.29, 0.717) is 25.7 Å². The van der Waals surface area contributed by atoms with Gasteiger partial charge in [0.2, 0.25) is 0 Å². The highest BCUT2D eigenvalue weighted by Crippen LogP contribution is 2.18. The van der Waals surface area contributed by atoms with Gasteiger partial charge in [-0.2, -0.15) is 0 Å². The van der Waals surface area contributed by atoms with E-state index in [0.717, 1.165) is 83.5 Å². The first kappa shape index (κ1) is 64.3. The third kappa shape index (κ3) is 53.2. The highest BCUT2D eigenvalue weighted by molar-refractivity contribution is 5.71. The molecule has 9 nitrogen and oxygen atoms in total. The van der Waals surface area contributed by atoms with Gasteiger partial charge < -0.3 is 29.5 Å². The van der Waals surface area contributed by atoms with Crippen molar-refractivity contribution in [3.63, 3.8) is 0 Å². The third-order valence-corrected chi connectivity index (χ3v) is 13.3. The number of esters is 3. The molecule has 0 saturated carbocycles. The van der Waals surface area contributed by atoms with Gasteiger partial charge in [0, 0.05) is 25.7 Å². The summed E-state index contributed by atoms with van der Waals surface area (Å²) in [5, 5.41) is 26.8. The smallest absolute Gasteiger partial charge is 0.306 e. The Kier molecular flexibility index (Phi) is 49.8. The van der Waals surface area contributed by atoms with Crippen LogP contribution in [0.25, 0.3) is 0 Å². The van der Waals surface area contributed by atoms with Crippen LogP contribution in [0.3, 0.4) is 0 Å². The maximum absolute atomic E-state index is 12.8. The fourth-order valence-corrected chi connectivity index (χ4v) is 8.91. The predicted octanol–water partition coefficient (Wildman–Crippen LogP) is 16.4. The minimum Gasteiger partial charge on any atom is -0.462 e. The summed E-state index contributed by atoms with van der Waals surface area (Å²) in [5.74, 6) is -3.43. The van der Waals surface area contributed by atoms with Gasteiger partial charge in [-0.1, -0.05) is 271 Å². The molecular weight excluding hydrogens is 829 g/mol. The van der Waals surface area contributed by atoms with E-state index in [1.54, 1.807) is 0 Å². The van der Waals surface area contributed by atoms with Crippen LogP contribution >= 0.6 is 0 Å². The van der Waals surface area contributed by atoms with E-state index >= 15 is 0 Å². The van der Waals surface area contributed by atoms with Gasteiger partial charge in [0.1, 0.15) is 13.2 Å². The maximum Gasteiger partial charge on any atom is 0.306 e. The molecule has 0 aliphatic heterocycles. The quantitative estimate of drug-likeness (QED) is 0.0235. The third-order valence-electron chi connectivity index (χ3n) is 13.3. The van der Waals surface area contributed by atoms with Crippen molar-refractivity contribution >= 4 is 17.9 Å². The van der Waals surface area contributed by atoms with E-state index in [-0.39, 0.29) is 37.5 Å². The Labute approximate surface area is 407 Å². The van der Waals surface area contributed by atoms with Crippen molar-refractivity contribution in [3.05, 3.63) is 0 Å². The maximum atomic E-state index is 12.8. The molecular formula is C57H110O9. The van der Waals surface area contributed by atoms with Crippen molar-refractivity contribution in [2.45, 2.75) is 334 Å². The number of carbonyl (C=O) groups excluding carboxylic acids is 3. The molecule has 0 amide bonds. The lowest BCUT2D eigenvalue weighted by Crippen LogP contribution is -2.30. The second kappa shape index (κ2) is 51.1. The van der Waals surface area contributed by atoms with Gasteiger partial charge in [0.15, 0.2) is 6.10 Å². The summed E-state index contributed by atoms with van der Waals surface area (Å²) < 4.78 is 16.8. The second-order valence-corrected chi connectivity index (χ2v) is 20.1. The first-order valence-electron chi connectivity index (χ1n) is 28.9. The lowest BCUT2D eigenvalue weighted by atomic mass is 10.0. The zero-order valence-electron chi connectivity index (χ0n) is 43.7. The van der Waals surface area contributed by atoms with E-state index in [2.05, 4.69) is 13.8 Å². The number of ether oxygens (including phenoxy) is 3. The van der Waals surface area contributed by atoms with E-state index < -0.39 is 12.1 Å². The fourth-order valence-electron chi connectivity index (χ4n) is 8.91. The number of aliphatic hydroxyl groups is 3. The highest BCUT2D eigenvalue weighted by atomic mass is 16.7. The van der Waals surface area contributed by atoms with Crippen LogP contribution in [0.5, 0.6) is 0 Å². The number of rotatable bonds is 54. The predicted molar refractivity (Wildman–Crippen MR) is 274 cm³/mol. The summed E-state index contributed by atoms with van der Waals surface area (Å²) in [4.78, 5) is 38.1. The molecule has 66 heavy (non-hydrogen) atoms. The van der Waals surface area contributed by atoms with Crippen LogP contribution in [0.4, 0.5) is 0 Å². The Morgan fingerprint density at radius 3 is 0.773 bits per heavy atom. The average Bonchev–Trinajstić information content (AvgIpc) is 3.29. The monoisotopic (exact) mass is 939 g/mol. The summed E-state index contributed by atoms with van der Waals surface area (Å²) in [5.41, 5.74) is 0. The molecule has 0 fully saturated rings. The van der Waals surface area contributed by atoms with Crippen LogP contribution in [-0.2, 0) is 28.6 Å². The van der Waals surface area contributed by atoms with E-state index in [1.165, 1.54) is 193 Å². The van der Waals surface area contributed by atoms with Crippen molar-refractivity contribution in [1.29, 1.82) is 0 Å². The van der Waals surface area contributed by atoms with Crippen LogP contribution in [-0.4, -0.2) is 58.5 Å². The van der Waals surface area contributed by atoms with Crippen molar-refractivity contribution in [1.82, 2.24) is 0 Å². The zero-order valence-corrected chi connectivity index (χ0v) is 43.7. The largest absolute Gasteiger partial charge is 0.462 e. The van der Waals surface area contributed by atoms with Gasteiger partial charge in [-0.3, -0.25) is 14.4 Å². The minimum absolute atomic E-state index is 0.00803. The molecule has 0 spiro atoms. The molecule has 0 heterocycles. The van der Waals surface area contributed by atoms with Gasteiger partial charge in [0.05, 0.1) is 0 Å². The SMILES string of the molecule is CCCCCCCCCCCCCCCCCC(=O)OCC(COC(=O)CCCCCCCCCCCCCCCCC)OC(=O)CCCCCCCCCCCCCCCCC(O)(O)O. The molecule has 392 valence electrons. The normalized spacial score (nSPS) is 11.7. The average molecular weight is 939 g/mol. The van der Waals surface area contributed by atoms with Crippen molar-refractivity contribution in [3.8, 4) is 0 Å². The summed E-state index contributed by atoms with van der Waals surface area (Å²) in [6.45, 7) is 4.36. The first-order valence-corrected chi connectivity index (χ1v) is 28.9. The number of hydrogen-bond acceptors (Lipinski definition) is 9. The van der Waals surface area contributed by atoms with E-state index in [9.17, 15) is 14.4 Å². The Bertz CT molecular complexity index is 978. The Morgan fingerprint density at radius 1 is 0.318 bits per heavy atom. The van der Waals surface area contributed by atoms with Crippen LogP contribution in [0.15, 0.2) is 0 Å². The molecule has 0 aromatic heterocycles. The van der Waals surface area contributed by atoms with Gasteiger partial charge in [0.25, 0.3) is 5.97 Å². The molecule has 3 N–H and O–H groups in total. The minimum atomic E-state index is -2.52. The molecule has 0 bridgehead atoms. The van der Waals surface area contributed by atoms with Crippen molar-refractivity contribution in [2.24, 2.45) is 0 Å². The molecule has 0 aliphatic rings. The van der Waals surface area contributed by atoms with Gasteiger partial charge in [-0.05, 0) is 25.7 Å². The van der Waals surface area contributed by atoms with Gasteiger partial charge in [-0.25, -0.2) is 0 Å². The number of unbranched alkanes of at least 4 members (excludes halogenated alkanes) is 41. The van der Waals surface area contributed by atoms with Gasteiger partial charge >= 0.3 is 17.9 Å². The molecule has 0 rings (SSSR count). The fraction of sp³-hybridized carbons (Fsp3) is 0.947. The molecule has 0 atom stereocenters. The summed E-state index contributed by atoms with van der Waals surface area (Å²) >= 11 is 0. The summed E-state index contributed by atoms with van der Waals surface area (Å²) in [6.07, 6.45) is 53.4. The lowest BCUT2D eigenvalue weighted by molar-refractivity contribution is -0.315. The van der Waals surface area contributed by atoms with Crippen LogP contribution < -0.4 is 0 Å². The first-order chi connectivity index (χ1) is 32.2. The summed E-state index contributed by atoms with van der Waals surface area (Å²) in [6, 6.07) is 0. The molecule has 0 aliphatic carbocycles. The van der Waals surface area contributed by atoms with Crippen molar-refractivity contribution in [2.75, 3.05) is 13.2 Å². The molecule has 0 radical (unpaired) electrons.